The van der Waals surface area contributed by atoms with Gasteiger partial charge in [0.25, 0.3) is 5.91 Å². The molecule has 31 heavy (non-hydrogen) atoms. The zero-order chi connectivity index (χ0) is 22.5. The maximum absolute atomic E-state index is 12.5. The second-order valence-electron chi connectivity index (χ2n) is 7.12. The van der Waals surface area contributed by atoms with E-state index in [2.05, 4.69) is 23.4 Å². The zero-order valence-corrected chi connectivity index (χ0v) is 19.0. The van der Waals surface area contributed by atoms with Crippen molar-refractivity contribution in [1.29, 1.82) is 0 Å². The molecule has 0 spiro atoms. The molecule has 8 heteroatoms. The summed E-state index contributed by atoms with van der Waals surface area (Å²) in [4.78, 5) is 26.9. The summed E-state index contributed by atoms with van der Waals surface area (Å²) in [7, 11) is 3.78. The summed E-state index contributed by atoms with van der Waals surface area (Å²) in [6.45, 7) is 1.89. The molecule has 0 aliphatic carbocycles. The van der Waals surface area contributed by atoms with E-state index < -0.39 is 6.03 Å². The number of halogens is 1. The minimum Gasteiger partial charge on any atom is -0.376 e. The number of nitrogens with zero attached hydrogens (tertiary/aromatic N) is 2. The predicted octanol–water partition coefficient (Wildman–Crippen LogP) is 5.85. The quantitative estimate of drug-likeness (QED) is 0.424. The van der Waals surface area contributed by atoms with Crippen LogP contribution in [0.2, 0.25) is 5.02 Å². The lowest BCUT2D eigenvalue weighted by Crippen LogP contribution is -2.26. The van der Waals surface area contributed by atoms with Crippen LogP contribution in [0.3, 0.4) is 0 Å². The largest absolute Gasteiger partial charge is 0.376 e. The van der Waals surface area contributed by atoms with Gasteiger partial charge in [-0.05, 0) is 61.0 Å². The first-order valence-corrected chi connectivity index (χ1v) is 10.3. The van der Waals surface area contributed by atoms with Crippen molar-refractivity contribution in [3.8, 4) is 0 Å². The van der Waals surface area contributed by atoms with Gasteiger partial charge in [0.05, 0.1) is 16.4 Å². The molecule has 0 bridgehead atoms. The number of urea groups is 1. The average molecular weight is 455 g/mol. The van der Waals surface area contributed by atoms with Gasteiger partial charge in [-0.2, -0.15) is 0 Å². The SMILES string of the molecule is Cc1ccccc1C(=O)Nc1ccc(N(S)C(=O)Nc2ccc(N(C)C)c(Cl)c2)cc1. The van der Waals surface area contributed by atoms with Crippen LogP contribution in [0.25, 0.3) is 0 Å². The Labute approximate surface area is 192 Å². The van der Waals surface area contributed by atoms with Crippen molar-refractivity contribution < 1.29 is 9.59 Å². The van der Waals surface area contributed by atoms with Gasteiger partial charge in [-0.15, -0.1) is 0 Å². The molecule has 0 aliphatic rings. The molecule has 3 aromatic rings. The van der Waals surface area contributed by atoms with Crippen molar-refractivity contribution in [2.45, 2.75) is 6.92 Å². The van der Waals surface area contributed by atoms with E-state index in [-0.39, 0.29) is 5.91 Å². The van der Waals surface area contributed by atoms with Crippen LogP contribution in [0.15, 0.2) is 66.7 Å². The minimum atomic E-state index is -0.436. The minimum absolute atomic E-state index is 0.190. The molecule has 0 aliphatic heterocycles. The van der Waals surface area contributed by atoms with E-state index in [4.69, 9.17) is 11.6 Å². The summed E-state index contributed by atoms with van der Waals surface area (Å²) in [5.74, 6) is -0.190. The van der Waals surface area contributed by atoms with Gasteiger partial charge in [0, 0.05) is 31.0 Å². The van der Waals surface area contributed by atoms with Crippen molar-refractivity contribution in [3.05, 3.63) is 82.9 Å². The first kappa shape index (κ1) is 22.5. The highest BCUT2D eigenvalue weighted by atomic mass is 35.5. The van der Waals surface area contributed by atoms with Gasteiger partial charge in [-0.1, -0.05) is 42.6 Å². The van der Waals surface area contributed by atoms with E-state index in [9.17, 15) is 9.59 Å². The highest BCUT2D eigenvalue weighted by Gasteiger charge is 2.14. The summed E-state index contributed by atoms with van der Waals surface area (Å²) >= 11 is 10.5. The van der Waals surface area contributed by atoms with Crippen molar-refractivity contribution in [2.24, 2.45) is 0 Å². The zero-order valence-electron chi connectivity index (χ0n) is 17.4. The van der Waals surface area contributed by atoms with E-state index in [1.54, 1.807) is 42.5 Å². The van der Waals surface area contributed by atoms with Gasteiger partial charge in [-0.25, -0.2) is 9.10 Å². The number of nitrogens with one attached hydrogen (secondary N) is 2. The van der Waals surface area contributed by atoms with Crippen LogP contribution in [-0.2, 0) is 0 Å². The number of aryl methyl sites for hydroxylation is 1. The molecular weight excluding hydrogens is 432 g/mol. The lowest BCUT2D eigenvalue weighted by molar-refractivity contribution is 0.102. The summed E-state index contributed by atoms with van der Waals surface area (Å²) < 4.78 is 1.18. The number of carbonyl (C=O) groups is 2. The second kappa shape index (κ2) is 9.76. The summed E-state index contributed by atoms with van der Waals surface area (Å²) in [6.07, 6.45) is 0. The fraction of sp³-hybridized carbons (Fsp3) is 0.130. The Hall–Kier alpha value is -3.16. The number of hydrogen-bond donors (Lipinski definition) is 3. The maximum Gasteiger partial charge on any atom is 0.336 e. The number of hydrogen-bond acceptors (Lipinski definition) is 4. The number of rotatable bonds is 5. The van der Waals surface area contributed by atoms with Crippen molar-refractivity contribution in [2.75, 3.05) is 33.9 Å². The molecule has 0 radical (unpaired) electrons. The summed E-state index contributed by atoms with van der Waals surface area (Å²) in [5, 5.41) is 6.14. The number of amides is 3. The highest BCUT2D eigenvalue weighted by molar-refractivity contribution is 7.82. The molecular formula is C23H23ClN4O2S. The van der Waals surface area contributed by atoms with E-state index in [1.807, 2.05) is 50.2 Å². The van der Waals surface area contributed by atoms with Crippen LogP contribution in [0.4, 0.5) is 27.5 Å². The van der Waals surface area contributed by atoms with Crippen molar-refractivity contribution in [1.82, 2.24) is 0 Å². The summed E-state index contributed by atoms with van der Waals surface area (Å²) in [6, 6.07) is 19.0. The van der Waals surface area contributed by atoms with Gasteiger partial charge in [0.1, 0.15) is 0 Å². The fourth-order valence-electron chi connectivity index (χ4n) is 2.95. The molecule has 0 saturated heterocycles. The third-order valence-corrected chi connectivity index (χ3v) is 5.35. The lowest BCUT2D eigenvalue weighted by atomic mass is 10.1. The smallest absolute Gasteiger partial charge is 0.336 e. The topological polar surface area (TPSA) is 64.7 Å². The molecule has 2 N–H and O–H groups in total. The Morgan fingerprint density at radius 3 is 2.16 bits per heavy atom. The van der Waals surface area contributed by atoms with Gasteiger partial charge in [-0.3, -0.25) is 4.79 Å². The molecule has 3 rings (SSSR count). The van der Waals surface area contributed by atoms with Gasteiger partial charge in [0.15, 0.2) is 0 Å². The van der Waals surface area contributed by atoms with Gasteiger partial charge >= 0.3 is 6.03 Å². The Morgan fingerprint density at radius 1 is 0.903 bits per heavy atom. The van der Waals surface area contributed by atoms with Gasteiger partial charge < -0.3 is 15.5 Å². The molecule has 0 unspecified atom stereocenters. The van der Waals surface area contributed by atoms with Crippen LogP contribution < -0.4 is 19.8 Å². The van der Waals surface area contributed by atoms with Crippen LogP contribution in [-0.4, -0.2) is 26.0 Å². The monoisotopic (exact) mass is 454 g/mol. The molecule has 0 atom stereocenters. The van der Waals surface area contributed by atoms with Crippen LogP contribution in [0.5, 0.6) is 0 Å². The van der Waals surface area contributed by atoms with E-state index in [0.717, 1.165) is 11.3 Å². The lowest BCUT2D eigenvalue weighted by Gasteiger charge is -2.19. The fourth-order valence-corrected chi connectivity index (χ4v) is 3.49. The van der Waals surface area contributed by atoms with E-state index >= 15 is 0 Å². The van der Waals surface area contributed by atoms with E-state index in [0.29, 0.717) is 27.6 Å². The van der Waals surface area contributed by atoms with Crippen LogP contribution in [0.1, 0.15) is 15.9 Å². The number of anilines is 4. The Morgan fingerprint density at radius 2 is 1.55 bits per heavy atom. The summed E-state index contributed by atoms with van der Waals surface area (Å²) in [5.41, 5.74) is 4.08. The third kappa shape index (κ3) is 5.51. The number of thiol groups is 1. The number of carbonyl (C=O) groups excluding carboxylic acids is 2. The van der Waals surface area contributed by atoms with Crippen LogP contribution >= 0.6 is 24.4 Å². The molecule has 0 heterocycles. The van der Waals surface area contributed by atoms with Crippen LogP contribution in [0, 0.1) is 6.92 Å². The van der Waals surface area contributed by atoms with Crippen molar-refractivity contribution in [3.63, 3.8) is 0 Å². The van der Waals surface area contributed by atoms with Gasteiger partial charge in [0.2, 0.25) is 0 Å². The molecule has 160 valence electrons. The molecule has 3 aromatic carbocycles. The predicted molar refractivity (Wildman–Crippen MR) is 132 cm³/mol. The number of benzene rings is 3. The maximum atomic E-state index is 12.5. The standard InChI is InChI=1S/C23H23ClN4O2S/c1-15-6-4-5-7-19(15)22(29)25-16-8-11-18(12-9-16)28(31)23(30)26-17-10-13-21(27(2)3)20(24)14-17/h4-14,31H,1-3H3,(H,25,29)(H,26,30). The molecule has 0 saturated carbocycles. The average Bonchev–Trinajstić information content (AvgIpc) is 2.73. The van der Waals surface area contributed by atoms with E-state index in [1.165, 1.54) is 4.31 Å². The first-order chi connectivity index (χ1) is 14.8. The third-order valence-electron chi connectivity index (χ3n) is 4.63. The Kier molecular flexibility index (Phi) is 7.09. The molecule has 3 amide bonds. The normalized spacial score (nSPS) is 10.4. The Bertz CT molecular complexity index is 1100. The van der Waals surface area contributed by atoms with Crippen molar-refractivity contribution >= 4 is 59.1 Å². The Balaban J connectivity index is 1.65. The molecule has 0 aromatic heterocycles. The second-order valence-corrected chi connectivity index (χ2v) is 7.93. The first-order valence-electron chi connectivity index (χ1n) is 9.50. The molecule has 0 fully saturated rings. The molecule has 6 nitrogen and oxygen atoms in total. The highest BCUT2D eigenvalue weighted by Crippen LogP contribution is 2.28.